The number of hydrogen-bond donors (Lipinski definition) is 2. The molecule has 1 aliphatic rings. The molecular formula is C13H28IN3O2. The molecule has 1 heterocycles. The summed E-state index contributed by atoms with van der Waals surface area (Å²) >= 11 is 0. The lowest BCUT2D eigenvalue weighted by Crippen LogP contribution is -2.49. The van der Waals surface area contributed by atoms with Gasteiger partial charge in [0.2, 0.25) is 0 Å². The lowest BCUT2D eigenvalue weighted by molar-refractivity contribution is 0.0226. The fraction of sp³-hybridized carbons (Fsp3) is 0.923. The van der Waals surface area contributed by atoms with Gasteiger partial charge in [-0.05, 0) is 33.6 Å². The number of hydrogen-bond acceptors (Lipinski definition) is 3. The Kier molecular flexibility index (Phi) is 8.23. The number of nitrogens with zero attached hydrogens (tertiary/aromatic N) is 1. The van der Waals surface area contributed by atoms with Gasteiger partial charge in [-0.1, -0.05) is 0 Å². The monoisotopic (exact) mass is 385 g/mol. The van der Waals surface area contributed by atoms with E-state index in [4.69, 9.17) is 9.47 Å². The molecule has 0 spiro atoms. The number of aliphatic imine (C=N–C) groups is 1. The minimum Gasteiger partial charge on any atom is -0.377 e. The first kappa shape index (κ1) is 18.9. The Hall–Kier alpha value is -0.0800. The second kappa shape index (κ2) is 8.26. The minimum absolute atomic E-state index is 0. The van der Waals surface area contributed by atoms with E-state index in [1.165, 1.54) is 0 Å². The zero-order chi connectivity index (χ0) is 13.6. The summed E-state index contributed by atoms with van der Waals surface area (Å²) < 4.78 is 11.1. The van der Waals surface area contributed by atoms with Crippen LogP contribution in [-0.4, -0.2) is 51.0 Å². The quantitative estimate of drug-likeness (QED) is 0.430. The van der Waals surface area contributed by atoms with E-state index in [1.54, 1.807) is 14.2 Å². The number of halogens is 1. The van der Waals surface area contributed by atoms with Gasteiger partial charge in [-0.2, -0.15) is 0 Å². The molecule has 1 aliphatic heterocycles. The number of ether oxygens (including phenoxy) is 2. The first-order valence-electron chi connectivity index (χ1n) is 6.54. The van der Waals surface area contributed by atoms with Gasteiger partial charge in [0, 0.05) is 33.9 Å². The van der Waals surface area contributed by atoms with Gasteiger partial charge in [0.15, 0.2) is 5.96 Å². The molecule has 114 valence electrons. The van der Waals surface area contributed by atoms with Crippen molar-refractivity contribution < 1.29 is 9.47 Å². The van der Waals surface area contributed by atoms with Crippen LogP contribution in [0.3, 0.4) is 0 Å². The van der Waals surface area contributed by atoms with Gasteiger partial charge >= 0.3 is 0 Å². The molecule has 0 aromatic rings. The van der Waals surface area contributed by atoms with Gasteiger partial charge in [0.1, 0.15) is 0 Å². The van der Waals surface area contributed by atoms with Crippen molar-refractivity contribution in [1.82, 2.24) is 10.6 Å². The summed E-state index contributed by atoms with van der Waals surface area (Å²) in [5, 5.41) is 6.57. The molecule has 5 nitrogen and oxygen atoms in total. The van der Waals surface area contributed by atoms with Crippen LogP contribution in [-0.2, 0) is 9.47 Å². The first-order chi connectivity index (χ1) is 8.41. The summed E-state index contributed by atoms with van der Waals surface area (Å²) in [6, 6.07) is 0. The maximum Gasteiger partial charge on any atom is 0.191 e. The fourth-order valence-corrected chi connectivity index (χ4v) is 1.84. The van der Waals surface area contributed by atoms with E-state index in [-0.39, 0.29) is 35.2 Å². The van der Waals surface area contributed by atoms with Crippen molar-refractivity contribution in [2.45, 2.75) is 44.8 Å². The first-order valence-corrected chi connectivity index (χ1v) is 6.54. The van der Waals surface area contributed by atoms with Crippen LogP contribution in [0.2, 0.25) is 0 Å². The van der Waals surface area contributed by atoms with Gasteiger partial charge in [-0.3, -0.25) is 4.99 Å². The Morgan fingerprint density at radius 3 is 2.58 bits per heavy atom. The Morgan fingerprint density at radius 2 is 2.11 bits per heavy atom. The summed E-state index contributed by atoms with van der Waals surface area (Å²) in [5.41, 5.74) is -0.264. The van der Waals surface area contributed by atoms with Crippen molar-refractivity contribution in [3.8, 4) is 0 Å². The van der Waals surface area contributed by atoms with Crippen molar-refractivity contribution in [1.29, 1.82) is 0 Å². The molecule has 1 rings (SSSR count). The standard InChI is InChI=1S/C13H27N3O2.HI/c1-12(2,17-5)9-15-11(14-4)16-10-13(3)7-6-8-18-13;/h6-10H2,1-5H3,(H2,14,15,16);1H. The van der Waals surface area contributed by atoms with Crippen LogP contribution in [0.25, 0.3) is 0 Å². The second-order valence-corrected chi connectivity index (χ2v) is 5.65. The second-order valence-electron chi connectivity index (χ2n) is 5.65. The number of rotatable bonds is 5. The maximum atomic E-state index is 5.73. The van der Waals surface area contributed by atoms with Crippen molar-refractivity contribution in [3.05, 3.63) is 0 Å². The van der Waals surface area contributed by atoms with Crippen LogP contribution in [0.5, 0.6) is 0 Å². The van der Waals surface area contributed by atoms with E-state index in [9.17, 15) is 0 Å². The van der Waals surface area contributed by atoms with Gasteiger partial charge in [-0.25, -0.2) is 0 Å². The van der Waals surface area contributed by atoms with Crippen molar-refractivity contribution in [2.75, 3.05) is 33.9 Å². The lowest BCUT2D eigenvalue weighted by Gasteiger charge is -2.27. The highest BCUT2D eigenvalue weighted by Gasteiger charge is 2.29. The van der Waals surface area contributed by atoms with E-state index in [1.807, 2.05) is 13.8 Å². The molecule has 1 saturated heterocycles. The van der Waals surface area contributed by atoms with Gasteiger partial charge in [0.25, 0.3) is 0 Å². The predicted molar refractivity (Wildman–Crippen MR) is 89.5 cm³/mol. The summed E-state index contributed by atoms with van der Waals surface area (Å²) in [5.74, 6) is 0.789. The van der Waals surface area contributed by atoms with E-state index >= 15 is 0 Å². The molecule has 0 bridgehead atoms. The highest BCUT2D eigenvalue weighted by Crippen LogP contribution is 2.23. The predicted octanol–water partition coefficient (Wildman–Crippen LogP) is 1.76. The topological polar surface area (TPSA) is 54.9 Å². The van der Waals surface area contributed by atoms with E-state index in [0.29, 0.717) is 6.54 Å². The molecule has 0 aromatic carbocycles. The van der Waals surface area contributed by atoms with Crippen molar-refractivity contribution in [3.63, 3.8) is 0 Å². The van der Waals surface area contributed by atoms with Gasteiger partial charge in [0.05, 0.1) is 11.2 Å². The SMILES string of the molecule is CN=C(NCC(C)(C)OC)NCC1(C)CCCO1.I. The molecule has 1 unspecified atom stereocenters. The van der Waals surface area contributed by atoms with E-state index in [2.05, 4.69) is 22.5 Å². The molecule has 2 N–H and O–H groups in total. The van der Waals surface area contributed by atoms with Crippen molar-refractivity contribution in [2.24, 2.45) is 4.99 Å². The van der Waals surface area contributed by atoms with Crippen LogP contribution in [0.1, 0.15) is 33.6 Å². The molecule has 0 aromatic heterocycles. The highest BCUT2D eigenvalue weighted by atomic mass is 127. The molecule has 0 saturated carbocycles. The molecule has 1 atom stereocenters. The maximum absolute atomic E-state index is 5.73. The molecule has 0 aliphatic carbocycles. The summed E-state index contributed by atoms with van der Waals surface area (Å²) in [6.45, 7) is 8.56. The van der Waals surface area contributed by atoms with Gasteiger partial charge < -0.3 is 20.1 Å². The Labute approximate surface area is 133 Å². The molecule has 6 heteroatoms. The van der Waals surface area contributed by atoms with Crippen LogP contribution in [0.15, 0.2) is 4.99 Å². The third kappa shape index (κ3) is 6.76. The minimum atomic E-state index is -0.203. The summed E-state index contributed by atoms with van der Waals surface area (Å²) in [6.07, 6.45) is 2.24. The van der Waals surface area contributed by atoms with Crippen LogP contribution < -0.4 is 10.6 Å². The number of methoxy groups -OCH3 is 1. The Morgan fingerprint density at radius 1 is 1.42 bits per heavy atom. The normalized spacial score (nSPS) is 23.9. The zero-order valence-electron chi connectivity index (χ0n) is 12.7. The molecular weight excluding hydrogens is 357 g/mol. The molecule has 0 radical (unpaired) electrons. The third-order valence-electron chi connectivity index (χ3n) is 3.39. The average Bonchev–Trinajstić information content (AvgIpc) is 2.77. The number of guanidine groups is 1. The summed E-state index contributed by atoms with van der Waals surface area (Å²) in [7, 11) is 3.48. The fourth-order valence-electron chi connectivity index (χ4n) is 1.84. The highest BCUT2D eigenvalue weighted by molar-refractivity contribution is 14.0. The van der Waals surface area contributed by atoms with E-state index < -0.39 is 0 Å². The van der Waals surface area contributed by atoms with Crippen LogP contribution in [0.4, 0.5) is 0 Å². The third-order valence-corrected chi connectivity index (χ3v) is 3.39. The van der Waals surface area contributed by atoms with Crippen LogP contribution >= 0.6 is 24.0 Å². The molecule has 0 amide bonds. The molecule has 1 fully saturated rings. The zero-order valence-corrected chi connectivity index (χ0v) is 15.0. The molecule has 19 heavy (non-hydrogen) atoms. The largest absolute Gasteiger partial charge is 0.377 e. The van der Waals surface area contributed by atoms with Gasteiger partial charge in [-0.15, -0.1) is 24.0 Å². The smallest absolute Gasteiger partial charge is 0.191 e. The van der Waals surface area contributed by atoms with E-state index in [0.717, 1.165) is 32.0 Å². The lowest BCUT2D eigenvalue weighted by atomic mass is 10.0. The number of nitrogens with one attached hydrogen (secondary N) is 2. The van der Waals surface area contributed by atoms with Crippen molar-refractivity contribution >= 4 is 29.9 Å². The van der Waals surface area contributed by atoms with Crippen LogP contribution in [0, 0.1) is 0 Å². The summed E-state index contributed by atoms with van der Waals surface area (Å²) in [4.78, 5) is 4.20. The average molecular weight is 385 g/mol. The Balaban J connectivity index is 0.00000324. The Bertz CT molecular complexity index is 290.